The van der Waals surface area contributed by atoms with Crippen molar-refractivity contribution in [3.63, 3.8) is 0 Å². The Balaban J connectivity index is 2.55. The minimum absolute atomic E-state index is 0.732. The number of rotatable bonds is 4. The van der Waals surface area contributed by atoms with Crippen molar-refractivity contribution in [3.05, 3.63) is 29.8 Å². The number of benzene rings is 1. The van der Waals surface area contributed by atoms with E-state index in [-0.39, 0.29) is 0 Å². The van der Waals surface area contributed by atoms with Gasteiger partial charge in [0.2, 0.25) is 0 Å². The molecular weight excluding hydrogens is 182 g/mol. The predicted molar refractivity (Wildman–Crippen MR) is 59.8 cm³/mol. The average Bonchev–Trinajstić information content (AvgIpc) is 2.15. The summed E-state index contributed by atoms with van der Waals surface area (Å²) in [6, 6.07) is 8.55. The van der Waals surface area contributed by atoms with Crippen molar-refractivity contribution in [2.24, 2.45) is 0 Å². The zero-order chi connectivity index (χ0) is 9.68. The smallest absolute Gasteiger partial charge is 0.0363 e. The van der Waals surface area contributed by atoms with Crippen LogP contribution in [0.3, 0.4) is 0 Å². The van der Waals surface area contributed by atoms with Gasteiger partial charge in [0.05, 0.1) is 0 Å². The lowest BCUT2D eigenvalue weighted by Crippen LogP contribution is -2.18. The average molecular weight is 198 g/mol. The number of aryl methyl sites for hydroxylation is 1. The topological polar surface area (TPSA) is 3.24 Å². The largest absolute Gasteiger partial charge is 0.375 e. The second-order valence-corrected chi connectivity index (χ2v) is 3.68. The van der Waals surface area contributed by atoms with E-state index in [9.17, 15) is 0 Å². The highest BCUT2D eigenvalue weighted by molar-refractivity contribution is 6.17. The van der Waals surface area contributed by atoms with Gasteiger partial charge in [-0.2, -0.15) is 0 Å². The fourth-order valence-corrected chi connectivity index (χ4v) is 1.34. The molecular formula is C11H16ClN. The number of anilines is 1. The van der Waals surface area contributed by atoms with Crippen LogP contribution in [0.1, 0.15) is 12.0 Å². The van der Waals surface area contributed by atoms with E-state index in [1.54, 1.807) is 0 Å². The van der Waals surface area contributed by atoms with Gasteiger partial charge in [0.15, 0.2) is 0 Å². The van der Waals surface area contributed by atoms with E-state index in [4.69, 9.17) is 11.6 Å². The molecule has 0 amide bonds. The third kappa shape index (κ3) is 3.27. The second kappa shape index (κ2) is 5.13. The molecule has 0 saturated carbocycles. The first-order chi connectivity index (χ1) is 6.24. The molecule has 13 heavy (non-hydrogen) atoms. The van der Waals surface area contributed by atoms with Crippen molar-refractivity contribution < 1.29 is 0 Å². The van der Waals surface area contributed by atoms with E-state index in [1.165, 1.54) is 11.3 Å². The van der Waals surface area contributed by atoms with Gasteiger partial charge < -0.3 is 4.90 Å². The molecule has 1 aromatic rings. The summed E-state index contributed by atoms with van der Waals surface area (Å²) in [6.07, 6.45) is 1.03. The molecule has 0 unspecified atom stereocenters. The van der Waals surface area contributed by atoms with Gasteiger partial charge in [-0.3, -0.25) is 0 Å². The summed E-state index contributed by atoms with van der Waals surface area (Å²) in [5.41, 5.74) is 2.56. The number of hydrogen-bond acceptors (Lipinski definition) is 1. The standard InChI is InChI=1S/C11H16ClN/c1-10-4-6-11(7-5-10)13(2)9-3-8-12/h4-7H,3,8-9H2,1-2H3. The van der Waals surface area contributed by atoms with Crippen LogP contribution in [0.15, 0.2) is 24.3 Å². The molecule has 0 aliphatic carbocycles. The number of nitrogens with zero attached hydrogens (tertiary/aromatic N) is 1. The Morgan fingerprint density at radius 2 is 1.85 bits per heavy atom. The molecule has 0 heterocycles. The highest BCUT2D eigenvalue weighted by Gasteiger charge is 1.98. The first kappa shape index (κ1) is 10.4. The monoisotopic (exact) mass is 197 g/mol. The van der Waals surface area contributed by atoms with Crippen LogP contribution in [0.5, 0.6) is 0 Å². The first-order valence-corrected chi connectivity index (χ1v) is 5.11. The SMILES string of the molecule is Cc1ccc(N(C)CCCCl)cc1. The Morgan fingerprint density at radius 3 is 2.38 bits per heavy atom. The molecule has 2 heteroatoms. The molecule has 0 aromatic heterocycles. The summed E-state index contributed by atoms with van der Waals surface area (Å²) < 4.78 is 0. The number of hydrogen-bond donors (Lipinski definition) is 0. The van der Waals surface area contributed by atoms with Crippen LogP contribution in [0, 0.1) is 6.92 Å². The highest BCUT2D eigenvalue weighted by atomic mass is 35.5. The minimum atomic E-state index is 0.732. The predicted octanol–water partition coefficient (Wildman–Crippen LogP) is 3.06. The van der Waals surface area contributed by atoms with Crippen LogP contribution >= 0.6 is 11.6 Å². The molecule has 0 atom stereocenters. The summed E-state index contributed by atoms with van der Waals surface area (Å²) in [7, 11) is 2.09. The summed E-state index contributed by atoms with van der Waals surface area (Å²) in [5.74, 6) is 0.732. The van der Waals surface area contributed by atoms with Crippen LogP contribution in [-0.4, -0.2) is 19.5 Å². The minimum Gasteiger partial charge on any atom is -0.375 e. The molecule has 72 valence electrons. The molecule has 1 aromatic carbocycles. The van der Waals surface area contributed by atoms with Gasteiger partial charge in [-0.15, -0.1) is 11.6 Å². The Morgan fingerprint density at radius 1 is 1.23 bits per heavy atom. The lowest BCUT2D eigenvalue weighted by molar-refractivity contribution is 0.856. The molecule has 0 radical (unpaired) electrons. The van der Waals surface area contributed by atoms with E-state index < -0.39 is 0 Å². The van der Waals surface area contributed by atoms with Crippen LogP contribution in [0.25, 0.3) is 0 Å². The fourth-order valence-electron chi connectivity index (χ4n) is 1.23. The third-order valence-corrected chi connectivity index (χ3v) is 2.37. The van der Waals surface area contributed by atoms with Gasteiger partial charge in [-0.1, -0.05) is 17.7 Å². The lowest BCUT2D eigenvalue weighted by atomic mass is 10.2. The molecule has 0 N–H and O–H groups in total. The Kier molecular flexibility index (Phi) is 4.10. The highest BCUT2D eigenvalue weighted by Crippen LogP contribution is 2.13. The van der Waals surface area contributed by atoms with Gasteiger partial charge in [0.25, 0.3) is 0 Å². The van der Waals surface area contributed by atoms with Crippen molar-refractivity contribution in [1.82, 2.24) is 0 Å². The van der Waals surface area contributed by atoms with Crippen LogP contribution in [-0.2, 0) is 0 Å². The van der Waals surface area contributed by atoms with Gasteiger partial charge >= 0.3 is 0 Å². The van der Waals surface area contributed by atoms with E-state index in [2.05, 4.69) is 43.1 Å². The Bertz CT molecular complexity index is 243. The van der Waals surface area contributed by atoms with E-state index in [0.717, 1.165) is 18.8 Å². The summed E-state index contributed by atoms with van der Waals surface area (Å²) >= 11 is 5.63. The quantitative estimate of drug-likeness (QED) is 0.671. The number of alkyl halides is 1. The van der Waals surface area contributed by atoms with Crippen molar-refractivity contribution in [3.8, 4) is 0 Å². The van der Waals surface area contributed by atoms with Gasteiger partial charge in [0, 0.05) is 25.2 Å². The van der Waals surface area contributed by atoms with Gasteiger partial charge in [0.1, 0.15) is 0 Å². The first-order valence-electron chi connectivity index (χ1n) is 4.58. The van der Waals surface area contributed by atoms with Crippen molar-refractivity contribution in [1.29, 1.82) is 0 Å². The zero-order valence-corrected chi connectivity index (χ0v) is 9.01. The normalized spacial score (nSPS) is 10.1. The van der Waals surface area contributed by atoms with Crippen molar-refractivity contribution >= 4 is 17.3 Å². The Labute approximate surface area is 85.3 Å². The van der Waals surface area contributed by atoms with Gasteiger partial charge in [-0.25, -0.2) is 0 Å². The van der Waals surface area contributed by atoms with Crippen LogP contribution < -0.4 is 4.90 Å². The van der Waals surface area contributed by atoms with E-state index >= 15 is 0 Å². The molecule has 0 bridgehead atoms. The Hall–Kier alpha value is -0.690. The maximum atomic E-state index is 5.63. The second-order valence-electron chi connectivity index (χ2n) is 3.30. The summed E-state index contributed by atoms with van der Waals surface area (Å²) in [5, 5.41) is 0. The maximum Gasteiger partial charge on any atom is 0.0363 e. The third-order valence-electron chi connectivity index (χ3n) is 2.10. The van der Waals surface area contributed by atoms with Crippen LogP contribution in [0.2, 0.25) is 0 Å². The zero-order valence-electron chi connectivity index (χ0n) is 8.26. The van der Waals surface area contributed by atoms with E-state index in [1.807, 2.05) is 0 Å². The molecule has 0 aliphatic heterocycles. The number of halogens is 1. The van der Waals surface area contributed by atoms with Crippen molar-refractivity contribution in [2.45, 2.75) is 13.3 Å². The maximum absolute atomic E-state index is 5.63. The van der Waals surface area contributed by atoms with Gasteiger partial charge in [-0.05, 0) is 25.5 Å². The molecule has 1 nitrogen and oxygen atoms in total. The molecule has 1 rings (SSSR count). The lowest BCUT2D eigenvalue weighted by Gasteiger charge is -2.18. The molecule has 0 spiro atoms. The summed E-state index contributed by atoms with van der Waals surface area (Å²) in [6.45, 7) is 3.12. The summed E-state index contributed by atoms with van der Waals surface area (Å²) in [4.78, 5) is 2.22. The van der Waals surface area contributed by atoms with Crippen molar-refractivity contribution in [2.75, 3.05) is 24.4 Å². The fraction of sp³-hybridized carbons (Fsp3) is 0.455. The molecule has 0 aliphatic rings. The molecule has 0 saturated heterocycles. The van der Waals surface area contributed by atoms with E-state index in [0.29, 0.717) is 0 Å². The molecule has 0 fully saturated rings. The van der Waals surface area contributed by atoms with Crippen LogP contribution in [0.4, 0.5) is 5.69 Å².